The van der Waals surface area contributed by atoms with Crippen molar-refractivity contribution in [2.45, 2.75) is 12.8 Å². The lowest BCUT2D eigenvalue weighted by molar-refractivity contribution is -0.111. The predicted molar refractivity (Wildman–Crippen MR) is 135 cm³/mol. The van der Waals surface area contributed by atoms with E-state index in [9.17, 15) is 4.79 Å². The Labute approximate surface area is 202 Å². The molecule has 4 aromatic rings. The molecule has 0 radical (unpaired) electrons. The topological polar surface area (TPSA) is 107 Å². The van der Waals surface area contributed by atoms with Crippen LogP contribution in [0.15, 0.2) is 73.6 Å². The smallest absolute Gasteiger partial charge is 0.247 e. The van der Waals surface area contributed by atoms with Crippen LogP contribution in [0.5, 0.6) is 11.6 Å². The minimum Gasteiger partial charge on any atom is -0.437 e. The summed E-state index contributed by atoms with van der Waals surface area (Å²) in [6, 6.07) is 17.8. The Balaban J connectivity index is 1.35. The number of hydrogen-bond donors (Lipinski definition) is 2. The van der Waals surface area contributed by atoms with Gasteiger partial charge in [-0.3, -0.25) is 4.79 Å². The standard InChI is InChI=1S/C27H24N6O2/c1-2-24(34)31-20-4-3-5-22(14-20)35-25-17-30-27-26(32-25)23(16-29-27)19-6-8-21(9-7-19)33-12-10-18(15-28)11-13-33/h2-9,14,16-18H,1,10-13H2,(H,29,30)(H,31,34). The van der Waals surface area contributed by atoms with Gasteiger partial charge in [-0.1, -0.05) is 24.8 Å². The molecule has 8 heteroatoms. The van der Waals surface area contributed by atoms with Gasteiger partial charge in [0.1, 0.15) is 11.3 Å². The number of aromatic nitrogens is 3. The summed E-state index contributed by atoms with van der Waals surface area (Å²) in [5.74, 6) is 0.753. The van der Waals surface area contributed by atoms with E-state index in [0.29, 0.717) is 28.5 Å². The number of aromatic amines is 1. The van der Waals surface area contributed by atoms with Crippen molar-refractivity contribution in [3.05, 3.63) is 73.6 Å². The zero-order valence-electron chi connectivity index (χ0n) is 19.1. The molecule has 174 valence electrons. The van der Waals surface area contributed by atoms with E-state index in [1.54, 1.807) is 30.5 Å². The third-order valence-electron chi connectivity index (χ3n) is 6.09. The highest BCUT2D eigenvalue weighted by Gasteiger charge is 2.19. The lowest BCUT2D eigenvalue weighted by Gasteiger charge is -2.31. The second kappa shape index (κ2) is 9.69. The molecule has 0 saturated carbocycles. The average Bonchev–Trinajstić information content (AvgIpc) is 3.32. The molecule has 2 N–H and O–H groups in total. The van der Waals surface area contributed by atoms with Crippen LogP contribution in [0, 0.1) is 17.2 Å². The number of nitrogens with one attached hydrogen (secondary N) is 2. The Bertz CT molecular complexity index is 1410. The van der Waals surface area contributed by atoms with Gasteiger partial charge in [0.25, 0.3) is 0 Å². The number of hydrogen-bond acceptors (Lipinski definition) is 6. The number of anilines is 2. The van der Waals surface area contributed by atoms with E-state index >= 15 is 0 Å². The Kier molecular flexibility index (Phi) is 6.14. The molecule has 0 atom stereocenters. The molecular weight excluding hydrogens is 440 g/mol. The Morgan fingerprint density at radius 2 is 2.03 bits per heavy atom. The molecule has 0 unspecified atom stereocenters. The van der Waals surface area contributed by atoms with Crippen molar-refractivity contribution in [1.29, 1.82) is 5.26 Å². The Morgan fingerprint density at radius 1 is 1.23 bits per heavy atom. The fourth-order valence-corrected chi connectivity index (χ4v) is 4.21. The van der Waals surface area contributed by atoms with E-state index in [-0.39, 0.29) is 11.8 Å². The summed E-state index contributed by atoms with van der Waals surface area (Å²) >= 11 is 0. The first-order valence-electron chi connectivity index (χ1n) is 11.4. The van der Waals surface area contributed by atoms with Crippen LogP contribution in [0.1, 0.15) is 12.8 Å². The van der Waals surface area contributed by atoms with E-state index in [4.69, 9.17) is 10.00 Å². The van der Waals surface area contributed by atoms with Gasteiger partial charge >= 0.3 is 0 Å². The molecule has 2 aromatic heterocycles. The molecule has 1 fully saturated rings. The highest BCUT2D eigenvalue weighted by molar-refractivity contribution is 5.99. The molecule has 1 amide bonds. The summed E-state index contributed by atoms with van der Waals surface area (Å²) in [6.45, 7) is 5.26. The fourth-order valence-electron chi connectivity index (χ4n) is 4.21. The molecule has 0 bridgehead atoms. The van der Waals surface area contributed by atoms with Crippen LogP contribution in [0.4, 0.5) is 11.4 Å². The molecule has 8 nitrogen and oxygen atoms in total. The maximum absolute atomic E-state index is 11.6. The first-order valence-corrected chi connectivity index (χ1v) is 11.4. The lowest BCUT2D eigenvalue weighted by Crippen LogP contribution is -2.33. The Hall–Kier alpha value is -4.64. The molecule has 2 aromatic carbocycles. The average molecular weight is 465 g/mol. The maximum Gasteiger partial charge on any atom is 0.247 e. The van der Waals surface area contributed by atoms with E-state index in [1.165, 1.54) is 6.08 Å². The Morgan fingerprint density at radius 3 is 2.77 bits per heavy atom. The largest absolute Gasteiger partial charge is 0.437 e. The van der Waals surface area contributed by atoms with Crippen molar-refractivity contribution in [1.82, 2.24) is 15.0 Å². The van der Waals surface area contributed by atoms with Crippen LogP contribution in [0.3, 0.4) is 0 Å². The van der Waals surface area contributed by atoms with Gasteiger partial charge in [-0.2, -0.15) is 5.26 Å². The number of piperidine rings is 1. The number of carbonyl (C=O) groups excluding carboxylic acids is 1. The fraction of sp³-hybridized carbons (Fsp3) is 0.185. The first-order chi connectivity index (χ1) is 17.1. The number of ether oxygens (including phenoxy) is 1. The summed E-state index contributed by atoms with van der Waals surface area (Å²) in [5, 5.41) is 11.8. The maximum atomic E-state index is 11.6. The molecule has 35 heavy (non-hydrogen) atoms. The van der Waals surface area contributed by atoms with Crippen LogP contribution in [-0.4, -0.2) is 33.9 Å². The normalized spacial score (nSPS) is 13.9. The molecule has 0 spiro atoms. The van der Waals surface area contributed by atoms with Gasteiger partial charge in [0.15, 0.2) is 5.65 Å². The van der Waals surface area contributed by atoms with E-state index < -0.39 is 0 Å². The van der Waals surface area contributed by atoms with Crippen molar-refractivity contribution < 1.29 is 9.53 Å². The highest BCUT2D eigenvalue weighted by atomic mass is 16.5. The number of H-pyrrole nitrogens is 1. The molecule has 1 saturated heterocycles. The zero-order chi connectivity index (χ0) is 24.2. The SMILES string of the molecule is C=CC(=O)Nc1cccc(Oc2cnc3[nH]cc(-c4ccc(N5CCC(C#N)CC5)cc4)c3n2)c1. The minimum atomic E-state index is -0.294. The number of benzene rings is 2. The van der Waals surface area contributed by atoms with Gasteiger partial charge in [-0.15, -0.1) is 0 Å². The molecular formula is C27H24N6O2. The van der Waals surface area contributed by atoms with Crippen LogP contribution in [-0.2, 0) is 4.79 Å². The van der Waals surface area contributed by atoms with Gasteiger partial charge in [0.05, 0.1) is 12.3 Å². The summed E-state index contributed by atoms with van der Waals surface area (Å²) in [5.41, 5.74) is 5.08. The summed E-state index contributed by atoms with van der Waals surface area (Å²) in [6.07, 6.45) is 6.48. The van der Waals surface area contributed by atoms with Crippen molar-refractivity contribution >= 4 is 28.4 Å². The molecule has 1 aliphatic heterocycles. The van der Waals surface area contributed by atoms with Gasteiger partial charge in [-0.05, 0) is 48.7 Å². The number of carbonyl (C=O) groups is 1. The van der Waals surface area contributed by atoms with Crippen molar-refractivity contribution in [3.8, 4) is 28.8 Å². The van der Waals surface area contributed by atoms with Gasteiger partial charge in [0.2, 0.25) is 11.8 Å². The molecule has 0 aliphatic carbocycles. The molecule has 1 aliphatic rings. The molecule has 3 heterocycles. The van der Waals surface area contributed by atoms with Gasteiger partial charge in [-0.25, -0.2) is 9.97 Å². The van der Waals surface area contributed by atoms with Crippen molar-refractivity contribution in [2.75, 3.05) is 23.3 Å². The third-order valence-corrected chi connectivity index (χ3v) is 6.09. The highest BCUT2D eigenvalue weighted by Crippen LogP contribution is 2.31. The molecule has 5 rings (SSSR count). The monoisotopic (exact) mass is 464 g/mol. The number of nitriles is 1. The number of amides is 1. The second-order valence-electron chi connectivity index (χ2n) is 8.37. The number of nitrogens with zero attached hydrogens (tertiary/aromatic N) is 4. The zero-order valence-corrected chi connectivity index (χ0v) is 19.1. The predicted octanol–water partition coefficient (Wildman–Crippen LogP) is 5.28. The van der Waals surface area contributed by atoms with Crippen LogP contribution in [0.2, 0.25) is 0 Å². The van der Waals surface area contributed by atoms with Crippen LogP contribution in [0.25, 0.3) is 22.3 Å². The second-order valence-corrected chi connectivity index (χ2v) is 8.37. The number of rotatable bonds is 6. The van der Waals surface area contributed by atoms with Crippen LogP contribution >= 0.6 is 0 Å². The summed E-state index contributed by atoms with van der Waals surface area (Å²) < 4.78 is 5.92. The number of fused-ring (bicyclic) bond motifs is 1. The minimum absolute atomic E-state index is 0.167. The van der Waals surface area contributed by atoms with E-state index in [2.05, 4.69) is 62.1 Å². The van der Waals surface area contributed by atoms with E-state index in [1.807, 2.05) is 6.20 Å². The van der Waals surface area contributed by atoms with Crippen molar-refractivity contribution in [2.24, 2.45) is 5.92 Å². The van der Waals surface area contributed by atoms with E-state index in [0.717, 1.165) is 42.7 Å². The van der Waals surface area contributed by atoms with Gasteiger partial charge in [0, 0.05) is 48.2 Å². The summed E-state index contributed by atoms with van der Waals surface area (Å²) in [7, 11) is 0. The summed E-state index contributed by atoms with van der Waals surface area (Å²) in [4.78, 5) is 26.2. The van der Waals surface area contributed by atoms with Crippen LogP contribution < -0.4 is 15.0 Å². The lowest BCUT2D eigenvalue weighted by atomic mass is 9.98. The first kappa shape index (κ1) is 22.2. The van der Waals surface area contributed by atoms with Gasteiger partial charge < -0.3 is 19.9 Å². The van der Waals surface area contributed by atoms with Crippen molar-refractivity contribution in [3.63, 3.8) is 0 Å². The third kappa shape index (κ3) is 4.84. The quantitative estimate of drug-likeness (QED) is 0.376.